The highest BCUT2D eigenvalue weighted by Crippen LogP contribution is 2.70. The molecule has 3 fully saturated rings. The van der Waals surface area contributed by atoms with Gasteiger partial charge in [-0.05, 0) is 87.2 Å². The minimum Gasteiger partial charge on any atom is -0.347 e. The van der Waals surface area contributed by atoms with Gasteiger partial charge in [0.1, 0.15) is 0 Å². The van der Waals surface area contributed by atoms with E-state index in [1.165, 1.54) is 0 Å². The number of hydrogen-bond donors (Lipinski definition) is 0. The van der Waals surface area contributed by atoms with E-state index in [1.54, 1.807) is 35.4 Å². The summed E-state index contributed by atoms with van der Waals surface area (Å²) >= 11 is 0. The molecule has 0 bridgehead atoms. The second kappa shape index (κ2) is 9.41. The molecule has 212 valence electrons. The van der Waals surface area contributed by atoms with Crippen LogP contribution in [0.5, 0.6) is 0 Å². The Morgan fingerprint density at radius 3 is 2.46 bits per heavy atom. The van der Waals surface area contributed by atoms with Crippen molar-refractivity contribution < 1.29 is 22.1 Å². The Balaban J connectivity index is 1.21. The molecular formula is C32H43NO5S. The van der Waals surface area contributed by atoms with Crippen molar-refractivity contribution in [1.29, 1.82) is 5.26 Å². The van der Waals surface area contributed by atoms with E-state index in [0.29, 0.717) is 31.5 Å². The molecule has 0 radical (unpaired) electrons. The average Bonchev–Trinajstić information content (AvgIpc) is 3.52. The number of rotatable bonds is 5. The van der Waals surface area contributed by atoms with Crippen LogP contribution in [0.15, 0.2) is 40.3 Å². The Labute approximate surface area is 234 Å². The molecule has 6 nitrogen and oxygen atoms in total. The standard InChI is InChI=1S/C32H43NO5S/c1-22-5-7-24(8-6-22)39(34,35)38-19-23(2)26-9-10-27-25-11-14-31(21-33)20-32(36-17-18-37-32)16-15-30(31,4)28(25)12-13-29(26,27)3/h5-8,23,26-27H,9-20H2,1-4H3/t23-,26-,27+,29-,30-,31-/m1/s1. The fourth-order valence-corrected chi connectivity index (χ4v) is 10.5. The minimum atomic E-state index is -3.77. The van der Waals surface area contributed by atoms with E-state index in [0.717, 1.165) is 56.9 Å². The van der Waals surface area contributed by atoms with Crippen molar-refractivity contribution in [1.82, 2.24) is 0 Å². The molecule has 0 amide bonds. The van der Waals surface area contributed by atoms with Crippen LogP contribution in [0.2, 0.25) is 0 Å². The average molecular weight is 554 g/mol. The third-order valence-electron chi connectivity index (χ3n) is 11.8. The Hall–Kier alpha value is -1.72. The summed E-state index contributed by atoms with van der Waals surface area (Å²) in [5, 5.41) is 10.6. The van der Waals surface area contributed by atoms with Gasteiger partial charge in [0.15, 0.2) is 5.79 Å². The quantitative estimate of drug-likeness (QED) is 0.298. The number of nitrogens with zero attached hydrogens (tertiary/aromatic N) is 1. The Bertz CT molecular complexity index is 1310. The lowest BCUT2D eigenvalue weighted by atomic mass is 9.45. The van der Waals surface area contributed by atoms with Gasteiger partial charge in [-0.3, -0.25) is 4.18 Å². The summed E-state index contributed by atoms with van der Waals surface area (Å²) in [5.41, 5.74) is 3.75. The number of fused-ring (bicyclic) bond motifs is 4. The van der Waals surface area contributed by atoms with E-state index >= 15 is 0 Å². The molecule has 4 aliphatic carbocycles. The first-order chi connectivity index (χ1) is 18.5. The first-order valence-electron chi connectivity index (χ1n) is 14.9. The maximum atomic E-state index is 12.9. The topological polar surface area (TPSA) is 85.6 Å². The fraction of sp³-hybridized carbons (Fsp3) is 0.719. The maximum Gasteiger partial charge on any atom is 0.296 e. The van der Waals surface area contributed by atoms with Gasteiger partial charge >= 0.3 is 0 Å². The summed E-state index contributed by atoms with van der Waals surface area (Å²) in [4.78, 5) is 0.224. The zero-order chi connectivity index (χ0) is 27.7. The van der Waals surface area contributed by atoms with Gasteiger partial charge in [0, 0.05) is 18.3 Å². The molecule has 7 heteroatoms. The van der Waals surface area contributed by atoms with Gasteiger partial charge < -0.3 is 9.47 Å². The number of hydrogen-bond acceptors (Lipinski definition) is 6. The van der Waals surface area contributed by atoms with Gasteiger partial charge in [0.25, 0.3) is 10.1 Å². The summed E-state index contributed by atoms with van der Waals surface area (Å²) in [6.45, 7) is 10.4. The lowest BCUT2D eigenvalue weighted by Crippen LogP contribution is -2.55. The van der Waals surface area contributed by atoms with Crippen LogP contribution >= 0.6 is 0 Å². The number of nitriles is 1. The van der Waals surface area contributed by atoms with Gasteiger partial charge in [-0.1, -0.05) is 49.6 Å². The number of ether oxygens (including phenoxy) is 2. The van der Waals surface area contributed by atoms with E-state index in [-0.39, 0.29) is 28.3 Å². The smallest absolute Gasteiger partial charge is 0.296 e. The second-order valence-corrected chi connectivity index (χ2v) is 15.2. The molecular weight excluding hydrogens is 510 g/mol. The second-order valence-electron chi connectivity index (χ2n) is 13.6. The Kier molecular flexibility index (Phi) is 6.62. The van der Waals surface area contributed by atoms with Gasteiger partial charge in [-0.15, -0.1) is 0 Å². The van der Waals surface area contributed by atoms with Crippen molar-refractivity contribution in [2.45, 2.75) is 96.2 Å². The molecule has 0 aromatic heterocycles. The summed E-state index contributed by atoms with van der Waals surface area (Å²) in [5.74, 6) is 0.496. The third kappa shape index (κ3) is 4.16. The maximum absolute atomic E-state index is 12.9. The Morgan fingerprint density at radius 2 is 1.77 bits per heavy atom. The van der Waals surface area contributed by atoms with Crippen LogP contribution in [0.1, 0.15) is 84.1 Å². The zero-order valence-corrected chi connectivity index (χ0v) is 24.7. The summed E-state index contributed by atoms with van der Waals surface area (Å²) < 4.78 is 43.5. The monoisotopic (exact) mass is 553 g/mol. The lowest BCUT2D eigenvalue weighted by molar-refractivity contribution is -0.217. The van der Waals surface area contributed by atoms with Gasteiger partial charge in [0.2, 0.25) is 0 Å². The van der Waals surface area contributed by atoms with Gasteiger partial charge in [0.05, 0.1) is 36.2 Å². The van der Waals surface area contributed by atoms with Crippen LogP contribution in [0.4, 0.5) is 0 Å². The van der Waals surface area contributed by atoms with E-state index in [1.807, 2.05) is 6.92 Å². The zero-order valence-electron chi connectivity index (χ0n) is 23.9. The van der Waals surface area contributed by atoms with Crippen molar-refractivity contribution in [3.8, 4) is 6.07 Å². The van der Waals surface area contributed by atoms with Crippen LogP contribution in [-0.4, -0.2) is 34.0 Å². The summed E-state index contributed by atoms with van der Waals surface area (Å²) in [6, 6.07) is 9.68. The fourth-order valence-electron chi connectivity index (χ4n) is 9.47. The SMILES string of the molecule is Cc1ccc(S(=O)(=O)OC[C@@H](C)[C@H]2CC[C@H]3C4=C(CC[C@]23C)[C@@]2(C)CCC3(C[C@@]2(C#N)CC4)OCCO3)cc1. The first-order valence-corrected chi connectivity index (χ1v) is 16.3. The molecule has 2 saturated carbocycles. The molecule has 1 aliphatic heterocycles. The van der Waals surface area contributed by atoms with Crippen molar-refractivity contribution in [3.05, 3.63) is 41.0 Å². The molecule has 0 unspecified atom stereocenters. The van der Waals surface area contributed by atoms with Crippen LogP contribution in [0, 0.1) is 52.3 Å². The van der Waals surface area contributed by atoms with E-state index in [4.69, 9.17) is 13.7 Å². The highest BCUT2D eigenvalue weighted by Gasteiger charge is 2.64. The molecule has 0 N–H and O–H groups in total. The predicted molar refractivity (Wildman–Crippen MR) is 148 cm³/mol. The summed E-state index contributed by atoms with van der Waals surface area (Å²) in [6.07, 6.45) is 8.68. The predicted octanol–water partition coefficient (Wildman–Crippen LogP) is 6.70. The van der Waals surface area contributed by atoms with Crippen molar-refractivity contribution in [2.24, 2.45) is 34.0 Å². The number of benzene rings is 1. The minimum absolute atomic E-state index is 0.131. The normalized spacial score (nSPS) is 38.1. The molecule has 1 aromatic carbocycles. The van der Waals surface area contributed by atoms with Crippen LogP contribution in [-0.2, 0) is 23.8 Å². The van der Waals surface area contributed by atoms with E-state index in [9.17, 15) is 13.7 Å². The van der Waals surface area contributed by atoms with Gasteiger partial charge in [-0.25, -0.2) is 0 Å². The first kappa shape index (κ1) is 27.4. The number of aryl methyl sites for hydroxylation is 1. The highest BCUT2D eigenvalue weighted by molar-refractivity contribution is 7.86. The molecule has 1 saturated heterocycles. The molecule has 5 aliphatic rings. The summed E-state index contributed by atoms with van der Waals surface area (Å²) in [7, 11) is -3.77. The third-order valence-corrected chi connectivity index (χ3v) is 13.1. The molecule has 1 aromatic rings. The molecule has 1 heterocycles. The Morgan fingerprint density at radius 1 is 1.05 bits per heavy atom. The molecule has 6 rings (SSSR count). The lowest BCUT2D eigenvalue weighted by Gasteiger charge is -2.59. The van der Waals surface area contributed by atoms with Crippen LogP contribution in [0.3, 0.4) is 0 Å². The van der Waals surface area contributed by atoms with Crippen LogP contribution < -0.4 is 0 Å². The number of allylic oxidation sites excluding steroid dienone is 2. The van der Waals surface area contributed by atoms with Crippen molar-refractivity contribution in [2.75, 3.05) is 19.8 Å². The highest BCUT2D eigenvalue weighted by atomic mass is 32.2. The molecule has 6 atom stereocenters. The van der Waals surface area contributed by atoms with Crippen molar-refractivity contribution >= 4 is 10.1 Å². The van der Waals surface area contributed by atoms with Gasteiger partial charge in [-0.2, -0.15) is 13.7 Å². The van der Waals surface area contributed by atoms with Crippen molar-refractivity contribution in [3.63, 3.8) is 0 Å². The molecule has 39 heavy (non-hydrogen) atoms. The van der Waals surface area contributed by atoms with E-state index in [2.05, 4.69) is 26.8 Å². The van der Waals surface area contributed by atoms with E-state index < -0.39 is 21.3 Å². The largest absolute Gasteiger partial charge is 0.347 e. The van der Waals surface area contributed by atoms with Crippen LogP contribution in [0.25, 0.3) is 0 Å². The molecule has 1 spiro atoms.